The maximum Gasteiger partial charge on any atom is 0.261 e. The van der Waals surface area contributed by atoms with Gasteiger partial charge < -0.3 is 4.74 Å². The van der Waals surface area contributed by atoms with Crippen LogP contribution in [0, 0.1) is 5.92 Å². The average Bonchev–Trinajstić information content (AvgIpc) is 3.29. The summed E-state index contributed by atoms with van der Waals surface area (Å²) in [7, 11) is -3.92. The number of aromatic nitrogens is 2. The van der Waals surface area contributed by atoms with Crippen LogP contribution in [0.1, 0.15) is 31.2 Å². The third-order valence-corrected chi connectivity index (χ3v) is 7.04. The number of H-pyrrole nitrogens is 1. The number of carbonyl (C=O) groups excluding carboxylic acids is 1. The van der Waals surface area contributed by atoms with Gasteiger partial charge in [-0.05, 0) is 60.5 Å². The molecule has 0 saturated carbocycles. The molecular formula is C22H25ClN4O5S. The number of sulfone groups is 1. The molecule has 11 heteroatoms. The molecule has 0 bridgehead atoms. The van der Waals surface area contributed by atoms with Gasteiger partial charge in [0.05, 0.1) is 10.6 Å². The number of hydrogen-bond donors (Lipinski definition) is 3. The van der Waals surface area contributed by atoms with E-state index in [9.17, 15) is 18.4 Å². The Balaban J connectivity index is 1.77. The van der Waals surface area contributed by atoms with Crippen LogP contribution < -0.4 is 10.2 Å². The predicted octanol–water partition coefficient (Wildman–Crippen LogP) is 4.14. The minimum absolute atomic E-state index is 0.0368. The zero-order valence-corrected chi connectivity index (χ0v) is 19.7. The molecule has 3 aromatic rings. The monoisotopic (exact) mass is 492 g/mol. The van der Waals surface area contributed by atoms with E-state index in [2.05, 4.69) is 15.6 Å². The zero-order chi connectivity index (χ0) is 24.0. The number of hydroxylamine groups is 1. The van der Waals surface area contributed by atoms with Crippen LogP contribution in [-0.4, -0.2) is 41.4 Å². The smallest absolute Gasteiger partial charge is 0.261 e. The first kappa shape index (κ1) is 24.7. The van der Waals surface area contributed by atoms with Gasteiger partial charge in [-0.2, -0.15) is 10.3 Å². The van der Waals surface area contributed by atoms with Gasteiger partial charge in [0.2, 0.25) is 0 Å². The molecule has 0 aliphatic carbocycles. The van der Waals surface area contributed by atoms with Gasteiger partial charge >= 0.3 is 0 Å². The Labute approximate surface area is 197 Å². The molecule has 1 aromatic heterocycles. The lowest BCUT2D eigenvalue weighted by Gasteiger charge is -2.22. The summed E-state index contributed by atoms with van der Waals surface area (Å²) in [5.41, 5.74) is 2.79. The fourth-order valence-corrected chi connectivity index (χ4v) is 4.76. The number of ether oxygens (including phenoxy) is 1. The first-order valence-electron chi connectivity index (χ1n) is 10.2. The molecule has 1 atom stereocenters. The van der Waals surface area contributed by atoms with E-state index in [0.29, 0.717) is 27.4 Å². The fraction of sp³-hybridized carbons (Fsp3) is 0.273. The number of carbonyl (C=O) groups is 1. The molecule has 176 valence electrons. The van der Waals surface area contributed by atoms with Crippen molar-refractivity contribution in [2.45, 2.75) is 30.4 Å². The molecule has 3 rings (SSSR count). The standard InChI is InChI=1S/C22H25ClN4O5S/c1-15(2)13-22(28)27(29)25-14-21(20-11-12-24-26-20)33(30,31)19-9-7-18(8-10-19)32-17-5-3-16(23)4-6-17/h3-12,15,21,25,29H,13-14H2,1-2H3,(H,24,26)/t21-/m1/s1. The van der Waals surface area contributed by atoms with Crippen molar-refractivity contribution in [1.29, 1.82) is 0 Å². The number of rotatable bonds is 10. The average molecular weight is 493 g/mol. The Morgan fingerprint density at radius 3 is 2.27 bits per heavy atom. The van der Waals surface area contributed by atoms with Crippen LogP contribution in [0.25, 0.3) is 0 Å². The summed E-state index contributed by atoms with van der Waals surface area (Å²) < 4.78 is 32.5. The molecule has 2 aromatic carbocycles. The van der Waals surface area contributed by atoms with Gasteiger partial charge in [-0.3, -0.25) is 15.1 Å². The van der Waals surface area contributed by atoms with Gasteiger partial charge in [-0.15, -0.1) is 0 Å². The number of aromatic amines is 1. The van der Waals surface area contributed by atoms with Gasteiger partial charge in [0.15, 0.2) is 9.84 Å². The van der Waals surface area contributed by atoms with E-state index in [0.717, 1.165) is 0 Å². The highest BCUT2D eigenvalue weighted by atomic mass is 35.5. The van der Waals surface area contributed by atoms with Crippen molar-refractivity contribution >= 4 is 27.3 Å². The molecule has 1 heterocycles. The highest BCUT2D eigenvalue weighted by molar-refractivity contribution is 7.91. The fourth-order valence-electron chi connectivity index (χ4n) is 3.03. The summed E-state index contributed by atoms with van der Waals surface area (Å²) >= 11 is 5.87. The third kappa shape index (κ3) is 6.55. The summed E-state index contributed by atoms with van der Waals surface area (Å²) in [6.45, 7) is 3.42. The van der Waals surface area contributed by atoms with Crippen LogP contribution in [0.5, 0.6) is 11.5 Å². The maximum atomic E-state index is 13.4. The van der Waals surface area contributed by atoms with E-state index in [4.69, 9.17) is 16.3 Å². The Hall–Kier alpha value is -2.92. The summed E-state index contributed by atoms with van der Waals surface area (Å²) in [6.07, 6.45) is 1.54. The Morgan fingerprint density at radius 1 is 1.12 bits per heavy atom. The topological polar surface area (TPSA) is 125 Å². The van der Waals surface area contributed by atoms with Crippen LogP contribution in [0.3, 0.4) is 0 Å². The predicted molar refractivity (Wildman–Crippen MR) is 123 cm³/mol. The maximum absolute atomic E-state index is 13.4. The second-order valence-electron chi connectivity index (χ2n) is 7.74. The molecule has 33 heavy (non-hydrogen) atoms. The second-order valence-corrected chi connectivity index (χ2v) is 10.3. The van der Waals surface area contributed by atoms with Crippen LogP contribution in [0.4, 0.5) is 0 Å². The van der Waals surface area contributed by atoms with E-state index in [1.165, 1.54) is 24.4 Å². The van der Waals surface area contributed by atoms with Crippen molar-refractivity contribution in [2.75, 3.05) is 6.54 Å². The molecule has 0 spiro atoms. The first-order valence-corrected chi connectivity index (χ1v) is 12.1. The Kier molecular flexibility index (Phi) is 8.09. The van der Waals surface area contributed by atoms with Crippen molar-refractivity contribution in [1.82, 2.24) is 20.8 Å². The van der Waals surface area contributed by atoms with Gasteiger partial charge in [-0.1, -0.05) is 25.4 Å². The van der Waals surface area contributed by atoms with E-state index < -0.39 is 21.0 Å². The van der Waals surface area contributed by atoms with E-state index >= 15 is 0 Å². The number of benzene rings is 2. The summed E-state index contributed by atoms with van der Waals surface area (Å²) in [6, 6.07) is 14.3. The molecule has 0 aliphatic rings. The van der Waals surface area contributed by atoms with Gasteiger partial charge in [-0.25, -0.2) is 13.8 Å². The number of amides is 1. The molecule has 3 N–H and O–H groups in total. The number of halogens is 1. The van der Waals surface area contributed by atoms with Crippen molar-refractivity contribution in [3.05, 3.63) is 71.5 Å². The van der Waals surface area contributed by atoms with Crippen molar-refractivity contribution < 1.29 is 23.2 Å². The lowest BCUT2D eigenvalue weighted by molar-refractivity contribution is -0.180. The molecule has 0 radical (unpaired) electrons. The zero-order valence-electron chi connectivity index (χ0n) is 18.1. The number of nitrogens with one attached hydrogen (secondary N) is 2. The highest BCUT2D eigenvalue weighted by Gasteiger charge is 2.31. The van der Waals surface area contributed by atoms with E-state index in [1.807, 2.05) is 13.8 Å². The van der Waals surface area contributed by atoms with Gasteiger partial charge in [0, 0.05) is 24.2 Å². The molecule has 1 amide bonds. The van der Waals surface area contributed by atoms with Crippen molar-refractivity contribution in [3.63, 3.8) is 0 Å². The second kappa shape index (κ2) is 10.8. The molecule has 9 nitrogen and oxygen atoms in total. The third-order valence-electron chi connectivity index (χ3n) is 4.69. The molecule has 0 aliphatic heterocycles. The van der Waals surface area contributed by atoms with Gasteiger partial charge in [0.25, 0.3) is 5.91 Å². The van der Waals surface area contributed by atoms with Crippen LogP contribution in [0.15, 0.2) is 65.7 Å². The Morgan fingerprint density at radius 2 is 1.73 bits per heavy atom. The highest BCUT2D eigenvalue weighted by Crippen LogP contribution is 2.30. The minimum Gasteiger partial charge on any atom is -0.457 e. The number of hydrazine groups is 1. The molecular weight excluding hydrogens is 468 g/mol. The minimum atomic E-state index is -3.92. The first-order chi connectivity index (χ1) is 15.7. The lowest BCUT2D eigenvalue weighted by Crippen LogP contribution is -2.43. The van der Waals surface area contributed by atoms with Crippen LogP contribution >= 0.6 is 11.6 Å². The van der Waals surface area contributed by atoms with Crippen LogP contribution in [-0.2, 0) is 14.6 Å². The van der Waals surface area contributed by atoms with Crippen molar-refractivity contribution in [2.24, 2.45) is 5.92 Å². The van der Waals surface area contributed by atoms with E-state index in [-0.39, 0.29) is 23.8 Å². The molecule has 0 unspecified atom stereocenters. The summed E-state index contributed by atoms with van der Waals surface area (Å²) in [4.78, 5) is 12.0. The lowest BCUT2D eigenvalue weighted by atomic mass is 10.1. The van der Waals surface area contributed by atoms with Crippen LogP contribution in [0.2, 0.25) is 5.02 Å². The molecule has 0 fully saturated rings. The largest absolute Gasteiger partial charge is 0.457 e. The summed E-state index contributed by atoms with van der Waals surface area (Å²) in [5.74, 6) is 0.487. The van der Waals surface area contributed by atoms with E-state index in [1.54, 1.807) is 36.4 Å². The number of nitrogens with zero attached hydrogens (tertiary/aromatic N) is 2. The normalized spacial score (nSPS) is 12.5. The Bertz CT molecular complexity index is 1150. The molecule has 0 saturated heterocycles. The summed E-state index contributed by atoms with van der Waals surface area (Å²) in [5, 5.41) is 16.2. The van der Waals surface area contributed by atoms with Gasteiger partial charge in [0.1, 0.15) is 16.7 Å². The number of hydrogen-bond acceptors (Lipinski definition) is 7. The quantitative estimate of drug-likeness (QED) is 0.287. The van der Waals surface area contributed by atoms with Crippen molar-refractivity contribution in [3.8, 4) is 11.5 Å². The SMILES string of the molecule is CC(C)CC(=O)N(O)NC[C@H](c1ccn[nH]1)S(=O)(=O)c1ccc(Oc2ccc(Cl)cc2)cc1.